The van der Waals surface area contributed by atoms with E-state index in [0.29, 0.717) is 17.2 Å². The first-order valence-electron chi connectivity index (χ1n) is 7.35. The van der Waals surface area contributed by atoms with Crippen LogP contribution in [0.3, 0.4) is 0 Å². The molecule has 0 aliphatic heterocycles. The lowest BCUT2D eigenvalue weighted by molar-refractivity contribution is 0.396. The molecule has 0 saturated carbocycles. The van der Waals surface area contributed by atoms with Gasteiger partial charge in [0.05, 0.1) is 25.6 Å². The number of methoxy groups -OCH3 is 1. The number of ether oxygens (including phenoxy) is 1. The first-order valence-corrected chi connectivity index (χ1v) is 7.76. The van der Waals surface area contributed by atoms with Crippen LogP contribution < -0.4 is 10.3 Å². The fraction of sp³-hybridized carbons (Fsp3) is 0.118. The number of aromatic hydroxyl groups is 1. The van der Waals surface area contributed by atoms with Crippen molar-refractivity contribution < 1.29 is 14.3 Å². The molecule has 0 bridgehead atoms. The zero-order valence-electron chi connectivity index (χ0n) is 13.3. The number of hydrogen-bond donors (Lipinski definition) is 2. The number of H-pyrrole nitrogens is 1. The maximum absolute atomic E-state index is 12.1. The van der Waals surface area contributed by atoms with Crippen LogP contribution in [-0.2, 0) is 6.54 Å². The Hall–Kier alpha value is -3.13. The first-order chi connectivity index (χ1) is 12.1. The molecule has 0 aliphatic rings. The average Bonchev–Trinajstić information content (AvgIpc) is 3.12. The van der Waals surface area contributed by atoms with Gasteiger partial charge in [0.1, 0.15) is 17.1 Å². The van der Waals surface area contributed by atoms with E-state index in [1.807, 2.05) is 0 Å². The summed E-state index contributed by atoms with van der Waals surface area (Å²) in [6, 6.07) is 10.5. The first kappa shape index (κ1) is 16.7. The third-order valence-electron chi connectivity index (χ3n) is 3.50. The van der Waals surface area contributed by atoms with Crippen molar-refractivity contribution in [3.05, 3.63) is 69.1 Å². The molecule has 0 unspecified atom stereocenters. The highest BCUT2D eigenvalue weighted by molar-refractivity contribution is 7.71. The van der Waals surface area contributed by atoms with Gasteiger partial charge in [-0.3, -0.25) is 19.3 Å². The number of benzene rings is 1. The smallest absolute Gasteiger partial charge is 0.264 e. The Labute approximate surface area is 147 Å². The predicted octanol–water partition coefficient (Wildman–Crippen LogP) is 3.01. The van der Waals surface area contributed by atoms with Crippen molar-refractivity contribution in [2.24, 2.45) is 4.99 Å². The second-order valence-corrected chi connectivity index (χ2v) is 5.51. The van der Waals surface area contributed by atoms with Crippen LogP contribution in [0.25, 0.3) is 0 Å². The zero-order valence-corrected chi connectivity index (χ0v) is 14.1. The van der Waals surface area contributed by atoms with Crippen molar-refractivity contribution in [3.63, 3.8) is 0 Å². The third kappa shape index (κ3) is 3.69. The molecular formula is C17H15N3O4S. The number of aromatic amines is 1. The SMILES string of the molecule is COc1cccc(N=Cc2c(O)n(Cc3ccco3)c(=S)[nH]c2=O)c1. The summed E-state index contributed by atoms with van der Waals surface area (Å²) in [5, 5.41) is 10.4. The topological polar surface area (TPSA) is 92.8 Å². The molecule has 3 aromatic rings. The van der Waals surface area contributed by atoms with Gasteiger partial charge in [-0.2, -0.15) is 0 Å². The molecule has 1 aromatic carbocycles. The van der Waals surface area contributed by atoms with Gasteiger partial charge in [0.25, 0.3) is 5.56 Å². The zero-order chi connectivity index (χ0) is 17.8. The van der Waals surface area contributed by atoms with Crippen LogP contribution in [0, 0.1) is 4.77 Å². The average molecular weight is 357 g/mol. The van der Waals surface area contributed by atoms with Gasteiger partial charge >= 0.3 is 0 Å². The van der Waals surface area contributed by atoms with Crippen molar-refractivity contribution in [2.45, 2.75) is 6.54 Å². The van der Waals surface area contributed by atoms with Crippen molar-refractivity contribution in [2.75, 3.05) is 7.11 Å². The Morgan fingerprint density at radius 1 is 1.40 bits per heavy atom. The molecule has 2 heterocycles. The summed E-state index contributed by atoms with van der Waals surface area (Å²) in [7, 11) is 1.55. The van der Waals surface area contributed by atoms with E-state index in [9.17, 15) is 9.90 Å². The van der Waals surface area contributed by atoms with Crippen LogP contribution in [-0.4, -0.2) is 28.0 Å². The molecule has 0 spiro atoms. The van der Waals surface area contributed by atoms with Crippen molar-refractivity contribution in [3.8, 4) is 11.6 Å². The maximum atomic E-state index is 12.1. The van der Waals surface area contributed by atoms with Crippen LogP contribution in [0.15, 0.2) is 56.9 Å². The molecule has 0 atom stereocenters. The molecule has 128 valence electrons. The lowest BCUT2D eigenvalue weighted by atomic mass is 10.3. The largest absolute Gasteiger partial charge is 0.497 e. The van der Waals surface area contributed by atoms with Crippen molar-refractivity contribution in [1.82, 2.24) is 9.55 Å². The number of hydrogen-bond acceptors (Lipinski definition) is 6. The molecule has 25 heavy (non-hydrogen) atoms. The van der Waals surface area contributed by atoms with E-state index in [1.54, 1.807) is 43.5 Å². The molecule has 0 amide bonds. The van der Waals surface area contributed by atoms with E-state index in [-0.39, 0.29) is 22.8 Å². The van der Waals surface area contributed by atoms with Gasteiger partial charge in [0.2, 0.25) is 5.88 Å². The van der Waals surface area contributed by atoms with Gasteiger partial charge in [-0.25, -0.2) is 0 Å². The molecule has 7 nitrogen and oxygen atoms in total. The van der Waals surface area contributed by atoms with Gasteiger partial charge in [-0.05, 0) is 36.5 Å². The lowest BCUT2D eigenvalue weighted by Crippen LogP contribution is -2.19. The van der Waals surface area contributed by atoms with Gasteiger partial charge in [-0.15, -0.1) is 0 Å². The van der Waals surface area contributed by atoms with Crippen LogP contribution in [0.2, 0.25) is 0 Å². The minimum atomic E-state index is -0.523. The number of aliphatic imine (C=N–C) groups is 1. The summed E-state index contributed by atoms with van der Waals surface area (Å²) < 4.78 is 11.8. The predicted molar refractivity (Wildman–Crippen MR) is 95.6 cm³/mol. The Morgan fingerprint density at radius 3 is 2.96 bits per heavy atom. The Morgan fingerprint density at radius 2 is 2.24 bits per heavy atom. The minimum absolute atomic E-state index is 0.00276. The van der Waals surface area contributed by atoms with Gasteiger partial charge in [0, 0.05) is 12.3 Å². The monoisotopic (exact) mass is 357 g/mol. The van der Waals surface area contributed by atoms with E-state index in [2.05, 4.69) is 9.98 Å². The Bertz CT molecular complexity index is 1020. The molecule has 0 radical (unpaired) electrons. The molecule has 2 N–H and O–H groups in total. The number of aromatic nitrogens is 2. The summed E-state index contributed by atoms with van der Waals surface area (Å²) in [5.74, 6) is 0.951. The van der Waals surface area contributed by atoms with E-state index in [1.165, 1.54) is 17.0 Å². The highest BCUT2D eigenvalue weighted by Gasteiger charge is 2.12. The number of nitrogens with one attached hydrogen (secondary N) is 1. The lowest BCUT2D eigenvalue weighted by Gasteiger charge is -2.09. The fourth-order valence-corrected chi connectivity index (χ4v) is 2.47. The molecular weight excluding hydrogens is 342 g/mol. The van der Waals surface area contributed by atoms with E-state index < -0.39 is 5.56 Å². The van der Waals surface area contributed by atoms with Crippen LogP contribution in [0.5, 0.6) is 11.6 Å². The normalized spacial score (nSPS) is 11.1. The van der Waals surface area contributed by atoms with Gasteiger partial charge in [-0.1, -0.05) is 6.07 Å². The minimum Gasteiger partial charge on any atom is -0.497 e. The second kappa shape index (κ2) is 7.18. The Balaban J connectivity index is 1.99. The van der Waals surface area contributed by atoms with E-state index in [4.69, 9.17) is 21.4 Å². The highest BCUT2D eigenvalue weighted by Crippen LogP contribution is 2.20. The number of nitrogens with zero attached hydrogens (tertiary/aromatic N) is 2. The Kier molecular flexibility index (Phi) is 4.80. The van der Waals surface area contributed by atoms with E-state index in [0.717, 1.165) is 0 Å². The van der Waals surface area contributed by atoms with E-state index >= 15 is 0 Å². The van der Waals surface area contributed by atoms with Crippen molar-refractivity contribution >= 4 is 24.1 Å². The van der Waals surface area contributed by atoms with Crippen molar-refractivity contribution in [1.29, 1.82) is 0 Å². The quantitative estimate of drug-likeness (QED) is 0.541. The molecule has 0 fully saturated rings. The van der Waals surface area contributed by atoms with Gasteiger partial charge < -0.3 is 14.3 Å². The van der Waals surface area contributed by atoms with Crippen LogP contribution >= 0.6 is 12.2 Å². The molecule has 8 heteroatoms. The molecule has 3 rings (SSSR count). The number of furan rings is 1. The standard InChI is InChI=1S/C17H15N3O4S/c1-23-12-5-2-4-11(8-12)18-9-14-15(21)19-17(25)20(16(14)22)10-13-6-3-7-24-13/h2-9,22H,10H2,1H3,(H,19,21,25). The van der Waals surface area contributed by atoms with Crippen LogP contribution in [0.1, 0.15) is 11.3 Å². The molecule has 2 aromatic heterocycles. The summed E-state index contributed by atoms with van der Waals surface area (Å²) in [6.45, 7) is 0.189. The fourth-order valence-electron chi connectivity index (χ4n) is 2.23. The summed E-state index contributed by atoms with van der Waals surface area (Å²) in [6.07, 6.45) is 2.81. The molecule has 0 saturated heterocycles. The third-order valence-corrected chi connectivity index (χ3v) is 3.82. The molecule has 0 aliphatic carbocycles. The summed E-state index contributed by atoms with van der Waals surface area (Å²) in [4.78, 5) is 18.9. The maximum Gasteiger partial charge on any atom is 0.264 e. The summed E-state index contributed by atoms with van der Waals surface area (Å²) in [5.41, 5.74) is 0.0611. The summed E-state index contributed by atoms with van der Waals surface area (Å²) >= 11 is 5.11. The number of rotatable bonds is 5. The second-order valence-electron chi connectivity index (χ2n) is 5.12. The highest BCUT2D eigenvalue weighted by atomic mass is 32.1. The van der Waals surface area contributed by atoms with Gasteiger partial charge in [0.15, 0.2) is 4.77 Å². The van der Waals surface area contributed by atoms with Crippen LogP contribution in [0.4, 0.5) is 5.69 Å².